The lowest BCUT2D eigenvalue weighted by Crippen LogP contribution is -2.39. The smallest absolute Gasteiger partial charge is 0.416 e. The summed E-state index contributed by atoms with van der Waals surface area (Å²) >= 11 is 0. The summed E-state index contributed by atoms with van der Waals surface area (Å²) in [6, 6.07) is 20.0. The Morgan fingerprint density at radius 1 is 0.696 bits per heavy atom. The van der Waals surface area contributed by atoms with Gasteiger partial charge >= 0.3 is 12.1 Å². The Morgan fingerprint density at radius 3 is 2.01 bits per heavy atom. The summed E-state index contributed by atoms with van der Waals surface area (Å²) in [7, 11) is 3.34. The molecule has 15 nitrogen and oxygen atoms in total. The van der Waals surface area contributed by atoms with E-state index in [1.54, 1.807) is 61.5 Å². The zero-order valence-corrected chi connectivity index (χ0v) is 40.8. The zero-order chi connectivity index (χ0) is 50.4. The van der Waals surface area contributed by atoms with Gasteiger partial charge in [-0.05, 0) is 101 Å². The van der Waals surface area contributed by atoms with Gasteiger partial charge in [-0.15, -0.1) is 0 Å². The molecule has 0 aliphatic heterocycles. The van der Waals surface area contributed by atoms with Gasteiger partial charge in [0.1, 0.15) is 5.60 Å². The molecule has 0 spiro atoms. The maximum atomic E-state index is 13.8. The fraction of sp³-hybridized carbons (Fsp3) is 0.471. The molecule has 0 unspecified atom stereocenters. The first-order valence-electron chi connectivity index (χ1n) is 23.0. The first kappa shape index (κ1) is 55.7. The van der Waals surface area contributed by atoms with Gasteiger partial charge in [0, 0.05) is 88.5 Å². The van der Waals surface area contributed by atoms with Crippen molar-refractivity contribution in [2.75, 3.05) is 110 Å². The normalized spacial score (nSPS) is 11.6. The maximum Gasteiger partial charge on any atom is 0.416 e. The number of amides is 3. The van der Waals surface area contributed by atoms with Crippen molar-refractivity contribution in [3.05, 3.63) is 113 Å². The topological polar surface area (TPSA) is 161 Å². The van der Waals surface area contributed by atoms with E-state index in [-0.39, 0.29) is 42.6 Å². The van der Waals surface area contributed by atoms with Crippen molar-refractivity contribution >= 4 is 35.1 Å². The molecule has 69 heavy (non-hydrogen) atoms. The fourth-order valence-corrected chi connectivity index (χ4v) is 6.91. The highest BCUT2D eigenvalue weighted by atomic mass is 19.4. The van der Waals surface area contributed by atoms with Crippen LogP contribution in [-0.4, -0.2) is 144 Å². The van der Waals surface area contributed by atoms with E-state index in [4.69, 9.17) is 23.7 Å². The second kappa shape index (κ2) is 27.9. The van der Waals surface area contributed by atoms with E-state index in [2.05, 4.69) is 25.4 Å². The molecule has 1 aromatic heterocycles. The lowest BCUT2D eigenvalue weighted by Gasteiger charge is -2.25. The van der Waals surface area contributed by atoms with Gasteiger partial charge in [0.2, 0.25) is 0 Å². The number of anilines is 2. The molecule has 0 aliphatic rings. The number of carbonyl (C=O) groups excluding carboxylic acids is 4. The SMILES string of the molecule is CCN(CC)c1ccc(NC(=O)c2cccc(C(=O)N(C)CCN(CCOC)CCOCCOCCOCCC(=O)OC(C)(C)C)c2)c(-c2ccc(C(=O)NCc3cccc(C(F)(F)F)c3)cn2)c1. The average Bonchev–Trinajstić information content (AvgIpc) is 3.32. The van der Waals surface area contributed by atoms with Gasteiger partial charge in [0.25, 0.3) is 17.7 Å². The largest absolute Gasteiger partial charge is 0.460 e. The van der Waals surface area contributed by atoms with Crippen molar-refractivity contribution in [1.82, 2.24) is 20.1 Å². The summed E-state index contributed by atoms with van der Waals surface area (Å²) < 4.78 is 67.0. The van der Waals surface area contributed by atoms with Crippen LogP contribution in [0.2, 0.25) is 0 Å². The standard InChI is InChI=1S/C51H67F3N6O9/c1-8-60(9-2)42-17-19-45(43(34-42)44-18-16-40(36-55-44)47(62)56-35-37-12-10-15-41(32-37)51(52,53)54)57-48(63)38-13-11-14-39(33-38)49(64)58(6)21-22-59(23-26-65-7)24-27-67-29-31-68-30-28-66-25-20-46(61)69-50(3,4)5/h10-19,32-34,36H,8-9,20-31,35H2,1-7H3,(H,56,62)(H,57,63). The molecule has 0 saturated heterocycles. The highest BCUT2D eigenvalue weighted by Crippen LogP contribution is 2.32. The molecular weight excluding hydrogens is 898 g/mol. The van der Waals surface area contributed by atoms with Gasteiger partial charge in [-0.2, -0.15) is 13.2 Å². The Hall–Kier alpha value is -5.92. The predicted molar refractivity (Wildman–Crippen MR) is 258 cm³/mol. The van der Waals surface area contributed by atoms with Crippen LogP contribution in [0.1, 0.15) is 83.2 Å². The number of ether oxygens (including phenoxy) is 5. The van der Waals surface area contributed by atoms with Gasteiger partial charge in [-0.1, -0.05) is 18.2 Å². The molecule has 0 fully saturated rings. The second-order valence-electron chi connectivity index (χ2n) is 17.0. The molecule has 4 rings (SSSR count). The number of carbonyl (C=O) groups is 4. The number of halogens is 3. The lowest BCUT2D eigenvalue weighted by molar-refractivity contribution is -0.156. The Kier molecular flexibility index (Phi) is 22.5. The van der Waals surface area contributed by atoms with E-state index in [0.717, 1.165) is 30.9 Å². The molecule has 0 aliphatic carbocycles. The number of alkyl halides is 3. The van der Waals surface area contributed by atoms with Gasteiger partial charge in [0.05, 0.1) is 75.2 Å². The molecule has 376 valence electrons. The van der Waals surface area contributed by atoms with Crippen LogP contribution in [-0.2, 0) is 41.2 Å². The van der Waals surface area contributed by atoms with Crippen molar-refractivity contribution in [3.8, 4) is 11.3 Å². The van der Waals surface area contributed by atoms with Crippen LogP contribution in [0, 0.1) is 0 Å². The molecule has 2 N–H and O–H groups in total. The molecule has 0 atom stereocenters. The van der Waals surface area contributed by atoms with Gasteiger partial charge in [-0.3, -0.25) is 29.1 Å². The minimum Gasteiger partial charge on any atom is -0.460 e. The summed E-state index contributed by atoms with van der Waals surface area (Å²) in [5.41, 5.74) is 2.17. The van der Waals surface area contributed by atoms with E-state index in [1.807, 2.05) is 46.8 Å². The van der Waals surface area contributed by atoms with Crippen LogP contribution >= 0.6 is 0 Å². The van der Waals surface area contributed by atoms with Crippen LogP contribution in [0.4, 0.5) is 24.5 Å². The molecule has 3 amide bonds. The second-order valence-corrected chi connectivity index (χ2v) is 17.0. The lowest BCUT2D eigenvalue weighted by atomic mass is 10.0. The number of benzene rings is 3. The Labute approximate surface area is 403 Å². The molecule has 4 aromatic rings. The third kappa shape index (κ3) is 19.2. The summed E-state index contributed by atoms with van der Waals surface area (Å²) in [5.74, 6) is -1.53. The zero-order valence-electron chi connectivity index (χ0n) is 40.8. The molecule has 18 heteroatoms. The number of nitrogens with one attached hydrogen (secondary N) is 2. The number of hydrogen-bond donors (Lipinski definition) is 2. The number of likely N-dealkylation sites (N-methyl/N-ethyl adjacent to an activating group) is 1. The minimum atomic E-state index is -4.50. The van der Waals surface area contributed by atoms with E-state index in [0.29, 0.717) is 93.9 Å². The van der Waals surface area contributed by atoms with Crippen LogP contribution in [0.15, 0.2) is 85.1 Å². The van der Waals surface area contributed by atoms with Gasteiger partial charge in [0.15, 0.2) is 0 Å². The van der Waals surface area contributed by atoms with E-state index in [9.17, 15) is 32.3 Å². The number of hydrogen-bond acceptors (Lipinski definition) is 12. The Morgan fingerprint density at radius 2 is 1.36 bits per heavy atom. The predicted octanol–water partition coefficient (Wildman–Crippen LogP) is 7.60. The number of esters is 1. The van der Waals surface area contributed by atoms with Crippen molar-refractivity contribution in [2.24, 2.45) is 0 Å². The summed E-state index contributed by atoms with van der Waals surface area (Å²) in [5, 5.41) is 5.64. The van der Waals surface area contributed by atoms with Crippen molar-refractivity contribution in [2.45, 2.75) is 59.4 Å². The van der Waals surface area contributed by atoms with Crippen LogP contribution in [0.3, 0.4) is 0 Å². The number of pyridine rings is 1. The molecular formula is C51H67F3N6O9. The molecule has 0 bridgehead atoms. The Balaban J connectivity index is 1.31. The monoisotopic (exact) mass is 964 g/mol. The third-order valence-electron chi connectivity index (χ3n) is 10.6. The first-order valence-corrected chi connectivity index (χ1v) is 23.0. The quantitative estimate of drug-likeness (QED) is 0.0425. The number of aromatic nitrogens is 1. The maximum absolute atomic E-state index is 13.8. The summed E-state index contributed by atoms with van der Waals surface area (Å²) in [4.78, 5) is 62.7. The first-order chi connectivity index (χ1) is 32.9. The van der Waals surface area contributed by atoms with Crippen molar-refractivity contribution < 1.29 is 56.0 Å². The summed E-state index contributed by atoms with van der Waals surface area (Å²) in [6.07, 6.45) is -2.95. The number of methoxy groups -OCH3 is 1. The molecule has 0 saturated carbocycles. The molecule has 3 aromatic carbocycles. The van der Waals surface area contributed by atoms with Crippen molar-refractivity contribution in [1.29, 1.82) is 0 Å². The van der Waals surface area contributed by atoms with E-state index >= 15 is 0 Å². The van der Waals surface area contributed by atoms with Crippen molar-refractivity contribution in [3.63, 3.8) is 0 Å². The van der Waals surface area contributed by atoms with Crippen LogP contribution in [0.25, 0.3) is 11.3 Å². The minimum absolute atomic E-state index is 0.113. The number of rotatable bonds is 28. The van der Waals surface area contributed by atoms with Gasteiger partial charge < -0.3 is 44.1 Å². The number of nitrogens with zero attached hydrogens (tertiary/aromatic N) is 4. The summed E-state index contributed by atoms with van der Waals surface area (Å²) in [6.45, 7) is 15.8. The third-order valence-corrected chi connectivity index (χ3v) is 10.6. The fourth-order valence-electron chi connectivity index (χ4n) is 6.91. The van der Waals surface area contributed by atoms with Crippen LogP contribution in [0.5, 0.6) is 0 Å². The van der Waals surface area contributed by atoms with E-state index < -0.39 is 29.2 Å². The molecule has 0 radical (unpaired) electrons. The molecule has 1 heterocycles. The van der Waals surface area contributed by atoms with E-state index in [1.165, 1.54) is 18.3 Å². The average molecular weight is 965 g/mol. The highest BCUT2D eigenvalue weighted by Gasteiger charge is 2.30. The van der Waals surface area contributed by atoms with Gasteiger partial charge in [-0.25, -0.2) is 0 Å². The highest BCUT2D eigenvalue weighted by molar-refractivity contribution is 6.08. The Bertz CT molecular complexity index is 2250. The van der Waals surface area contributed by atoms with Crippen LogP contribution < -0.4 is 15.5 Å².